The van der Waals surface area contributed by atoms with Gasteiger partial charge in [-0.15, -0.1) is 0 Å². The second-order valence-electron chi connectivity index (χ2n) is 10.6. The van der Waals surface area contributed by atoms with Crippen LogP contribution in [0.15, 0.2) is 92.1 Å². The number of anilines is 1. The van der Waals surface area contributed by atoms with E-state index in [1.165, 1.54) is 12.1 Å². The molecule has 3 N–H and O–H groups in total. The molecule has 0 aliphatic heterocycles. The highest BCUT2D eigenvalue weighted by molar-refractivity contribution is 5.94. The zero-order chi connectivity index (χ0) is 29.7. The van der Waals surface area contributed by atoms with Crippen LogP contribution in [0.2, 0.25) is 0 Å². The maximum atomic E-state index is 14.0. The molecule has 0 unspecified atom stereocenters. The number of nitrogens with one attached hydrogen (secondary N) is 3. The Labute approximate surface area is 241 Å². The molecule has 0 bridgehead atoms. The Hall–Kier alpha value is -4.78. The first-order valence-corrected chi connectivity index (χ1v) is 13.7. The summed E-state index contributed by atoms with van der Waals surface area (Å²) < 4.78 is 14.0. The first kappa shape index (κ1) is 29.2. The van der Waals surface area contributed by atoms with Crippen molar-refractivity contribution < 1.29 is 4.39 Å². The molecule has 0 amide bonds. The lowest BCUT2D eigenvalue weighted by Crippen LogP contribution is -2.15. The van der Waals surface area contributed by atoms with Gasteiger partial charge in [-0.1, -0.05) is 72.1 Å². The van der Waals surface area contributed by atoms with Gasteiger partial charge in [-0.05, 0) is 48.4 Å². The minimum absolute atomic E-state index is 0.0788. The number of benzene rings is 1. The van der Waals surface area contributed by atoms with Gasteiger partial charge in [0.2, 0.25) is 0 Å². The number of hydrogen-bond acceptors (Lipinski definition) is 4. The molecule has 41 heavy (non-hydrogen) atoms. The molecule has 0 saturated carbocycles. The molecule has 7 heteroatoms. The highest BCUT2D eigenvalue weighted by Crippen LogP contribution is 2.34. The van der Waals surface area contributed by atoms with Crippen molar-refractivity contribution in [1.82, 2.24) is 25.1 Å². The van der Waals surface area contributed by atoms with Crippen LogP contribution in [0, 0.1) is 18.2 Å². The highest BCUT2D eigenvalue weighted by atomic mass is 19.1. The van der Waals surface area contributed by atoms with Crippen molar-refractivity contribution in [2.24, 2.45) is 5.41 Å². The van der Waals surface area contributed by atoms with Crippen LogP contribution in [0.25, 0.3) is 39.1 Å². The van der Waals surface area contributed by atoms with Gasteiger partial charge in [-0.25, -0.2) is 9.37 Å². The third-order valence-corrected chi connectivity index (χ3v) is 6.68. The summed E-state index contributed by atoms with van der Waals surface area (Å²) in [7, 11) is 0. The molecule has 4 aromatic heterocycles. The Bertz CT molecular complexity index is 1730. The summed E-state index contributed by atoms with van der Waals surface area (Å²) in [5.74, 6) is -0.287. The van der Waals surface area contributed by atoms with Crippen molar-refractivity contribution in [2.75, 3.05) is 5.32 Å². The molecule has 0 aliphatic rings. The van der Waals surface area contributed by atoms with Crippen LogP contribution >= 0.6 is 0 Å². The van der Waals surface area contributed by atoms with Crippen molar-refractivity contribution in [3.05, 3.63) is 115 Å². The lowest BCUT2D eigenvalue weighted by molar-refractivity contribution is 0.509. The molecule has 0 saturated heterocycles. The Kier molecular flexibility index (Phi) is 8.67. The van der Waals surface area contributed by atoms with Gasteiger partial charge >= 0.3 is 0 Å². The van der Waals surface area contributed by atoms with Crippen LogP contribution in [0.4, 0.5) is 10.1 Å². The Morgan fingerprint density at radius 1 is 1.02 bits per heavy atom. The number of hydrogen-bond donors (Lipinski definition) is 3. The third kappa shape index (κ3) is 6.35. The third-order valence-electron chi connectivity index (χ3n) is 6.68. The molecule has 0 radical (unpaired) electrons. The summed E-state index contributed by atoms with van der Waals surface area (Å²) in [6, 6.07) is 12.7. The van der Waals surface area contributed by atoms with Crippen molar-refractivity contribution in [3.8, 4) is 22.5 Å². The fraction of sp³-hybridized carbons (Fsp3) is 0.206. The van der Waals surface area contributed by atoms with E-state index in [-0.39, 0.29) is 11.2 Å². The number of aromatic nitrogens is 5. The normalized spacial score (nSPS) is 11.6. The monoisotopic (exact) mass is 548 g/mol. The fourth-order valence-corrected chi connectivity index (χ4v) is 4.38. The summed E-state index contributed by atoms with van der Waals surface area (Å²) in [6.07, 6.45) is 9.00. The Balaban J connectivity index is 0.00000189. The van der Waals surface area contributed by atoms with E-state index >= 15 is 0 Å². The van der Waals surface area contributed by atoms with E-state index in [0.29, 0.717) is 5.65 Å². The van der Waals surface area contributed by atoms with Crippen LogP contribution in [0.3, 0.4) is 0 Å². The largest absolute Gasteiger partial charge is 0.358 e. The number of nitrogens with zero attached hydrogens (tertiary/aromatic N) is 3. The highest BCUT2D eigenvalue weighted by Gasteiger charge is 2.18. The van der Waals surface area contributed by atoms with E-state index in [1.54, 1.807) is 24.5 Å². The number of allylic oxidation sites excluding steroid dienone is 3. The van der Waals surface area contributed by atoms with Crippen LogP contribution < -0.4 is 5.32 Å². The fourth-order valence-electron chi connectivity index (χ4n) is 4.38. The van der Waals surface area contributed by atoms with Gasteiger partial charge < -0.3 is 10.3 Å². The number of pyridine rings is 2. The topological polar surface area (TPSA) is 82.3 Å². The molecule has 0 atom stereocenters. The van der Waals surface area contributed by atoms with E-state index in [2.05, 4.69) is 70.5 Å². The van der Waals surface area contributed by atoms with E-state index in [4.69, 9.17) is 0 Å². The van der Waals surface area contributed by atoms with Crippen molar-refractivity contribution in [2.45, 2.75) is 41.5 Å². The molecule has 0 aliphatic carbocycles. The number of H-pyrrole nitrogens is 2. The van der Waals surface area contributed by atoms with Crippen molar-refractivity contribution in [3.63, 3.8) is 0 Å². The maximum Gasteiger partial charge on any atom is 0.181 e. The predicted molar refractivity (Wildman–Crippen MR) is 169 cm³/mol. The van der Waals surface area contributed by atoms with Gasteiger partial charge in [0, 0.05) is 51.3 Å². The van der Waals surface area contributed by atoms with Gasteiger partial charge in [0.15, 0.2) is 5.65 Å². The second kappa shape index (κ2) is 12.2. The SMILES string of the molecule is C=C/C=C(/c1cccc(F)c1)c1cc(-c2[nH]nc3ncc(-c4cncc(NC(=C)C(C)(C)C)c4)cc23)[nH]c1C.CC. The average Bonchev–Trinajstić information content (AvgIpc) is 3.55. The first-order chi connectivity index (χ1) is 19.6. The lowest BCUT2D eigenvalue weighted by Gasteiger charge is -2.23. The molecular formula is C34H37FN6. The first-order valence-electron chi connectivity index (χ1n) is 13.7. The number of halogens is 1. The molecule has 0 spiro atoms. The molecule has 210 valence electrons. The smallest absolute Gasteiger partial charge is 0.181 e. The quantitative estimate of drug-likeness (QED) is 0.177. The minimum atomic E-state index is -0.287. The molecule has 4 heterocycles. The summed E-state index contributed by atoms with van der Waals surface area (Å²) in [5, 5.41) is 11.8. The zero-order valence-electron chi connectivity index (χ0n) is 24.6. The summed E-state index contributed by atoms with van der Waals surface area (Å²) in [4.78, 5) is 12.5. The average molecular weight is 549 g/mol. The van der Waals surface area contributed by atoms with Crippen molar-refractivity contribution in [1.29, 1.82) is 0 Å². The van der Waals surface area contributed by atoms with E-state index in [9.17, 15) is 4.39 Å². The number of aryl methyl sites for hydroxylation is 1. The number of rotatable bonds is 7. The van der Waals surface area contributed by atoms with E-state index < -0.39 is 0 Å². The van der Waals surface area contributed by atoms with Crippen LogP contribution in [-0.2, 0) is 0 Å². The molecule has 0 fully saturated rings. The standard InChI is InChI=1S/C32H31FN6.C2H6/c1-7-9-26(21-10-8-11-24(33)12-21)27-15-29(36-19(27)2)30-28-14-23(17-35-31(28)39-38-30)22-13-25(18-34-16-22)37-20(3)32(4,5)6;1-2/h7-18,36-37H,1,3H2,2,4-6H3,(H,35,38,39);1-2H3/b26-9-;. The molecule has 5 aromatic rings. The van der Waals surface area contributed by atoms with E-state index in [1.807, 2.05) is 51.2 Å². The minimum Gasteiger partial charge on any atom is -0.358 e. The lowest BCUT2D eigenvalue weighted by atomic mass is 9.93. The maximum absolute atomic E-state index is 14.0. The molecular weight excluding hydrogens is 511 g/mol. The van der Waals surface area contributed by atoms with Gasteiger partial charge in [0.05, 0.1) is 23.3 Å². The van der Waals surface area contributed by atoms with E-state index in [0.717, 1.165) is 61.7 Å². The Morgan fingerprint density at radius 3 is 2.49 bits per heavy atom. The zero-order valence-corrected chi connectivity index (χ0v) is 24.6. The number of fused-ring (bicyclic) bond motifs is 1. The van der Waals surface area contributed by atoms with Gasteiger partial charge in [-0.3, -0.25) is 10.1 Å². The Morgan fingerprint density at radius 2 is 1.78 bits per heavy atom. The van der Waals surface area contributed by atoms with Gasteiger partial charge in [-0.2, -0.15) is 5.10 Å². The summed E-state index contributed by atoms with van der Waals surface area (Å²) >= 11 is 0. The van der Waals surface area contributed by atoms with Crippen LogP contribution in [0.5, 0.6) is 0 Å². The van der Waals surface area contributed by atoms with Crippen LogP contribution in [0.1, 0.15) is 51.4 Å². The van der Waals surface area contributed by atoms with Gasteiger partial charge in [0.25, 0.3) is 0 Å². The van der Waals surface area contributed by atoms with Gasteiger partial charge in [0.1, 0.15) is 5.82 Å². The van der Waals surface area contributed by atoms with Crippen LogP contribution in [-0.4, -0.2) is 25.1 Å². The predicted octanol–water partition coefficient (Wildman–Crippen LogP) is 9.08. The number of aromatic amines is 2. The molecule has 5 rings (SSSR count). The summed E-state index contributed by atoms with van der Waals surface area (Å²) in [5.41, 5.74) is 9.35. The summed E-state index contributed by atoms with van der Waals surface area (Å²) in [6.45, 7) is 20.3. The van der Waals surface area contributed by atoms with Crippen molar-refractivity contribution >= 4 is 22.3 Å². The molecule has 1 aromatic carbocycles. The molecule has 6 nitrogen and oxygen atoms in total. The second-order valence-corrected chi connectivity index (χ2v) is 10.6.